The first-order valence-corrected chi connectivity index (χ1v) is 3.64. The molecule has 0 radical (unpaired) electrons. The fourth-order valence-corrected chi connectivity index (χ4v) is 0.885. The second-order valence-corrected chi connectivity index (χ2v) is 2.37. The SMILES string of the molecule is C=C/C=C\C1=CC(O)CCO1. The lowest BCUT2D eigenvalue weighted by Gasteiger charge is -2.15. The summed E-state index contributed by atoms with van der Waals surface area (Å²) in [6.07, 6.45) is 7.27. The van der Waals surface area contributed by atoms with Crippen LogP contribution in [0.25, 0.3) is 0 Å². The van der Waals surface area contributed by atoms with E-state index in [1.165, 1.54) is 0 Å². The minimum Gasteiger partial charge on any atom is -0.494 e. The molecule has 0 saturated carbocycles. The molecule has 60 valence electrons. The maximum Gasteiger partial charge on any atom is 0.117 e. The van der Waals surface area contributed by atoms with Gasteiger partial charge in [0, 0.05) is 6.42 Å². The predicted molar refractivity (Wildman–Crippen MR) is 44.0 cm³/mol. The molecule has 0 aromatic carbocycles. The highest BCUT2D eigenvalue weighted by molar-refractivity contribution is 5.18. The van der Waals surface area contributed by atoms with Gasteiger partial charge < -0.3 is 9.84 Å². The lowest BCUT2D eigenvalue weighted by molar-refractivity contribution is 0.119. The molecule has 0 saturated heterocycles. The average Bonchev–Trinajstić information content (AvgIpc) is 2.01. The van der Waals surface area contributed by atoms with Crippen molar-refractivity contribution in [2.45, 2.75) is 12.5 Å². The molecule has 11 heavy (non-hydrogen) atoms. The second kappa shape index (κ2) is 3.98. The van der Waals surface area contributed by atoms with Crippen LogP contribution in [-0.4, -0.2) is 17.8 Å². The fourth-order valence-electron chi connectivity index (χ4n) is 0.885. The number of aliphatic hydroxyl groups is 1. The van der Waals surface area contributed by atoms with Crippen molar-refractivity contribution in [3.63, 3.8) is 0 Å². The third kappa shape index (κ3) is 2.60. The number of aliphatic hydroxyl groups excluding tert-OH is 1. The van der Waals surface area contributed by atoms with Crippen LogP contribution in [0.5, 0.6) is 0 Å². The molecular weight excluding hydrogens is 140 g/mol. The predicted octanol–water partition coefficient (Wildman–Crippen LogP) is 1.39. The molecule has 1 atom stereocenters. The first kappa shape index (κ1) is 8.08. The Labute approximate surface area is 66.5 Å². The standard InChI is InChI=1S/C9H12O2/c1-2-3-4-9-7-8(10)5-6-11-9/h2-4,7-8,10H,1,5-6H2/b4-3-. The van der Waals surface area contributed by atoms with Crippen LogP contribution in [0.2, 0.25) is 0 Å². The van der Waals surface area contributed by atoms with Crippen LogP contribution >= 0.6 is 0 Å². The number of ether oxygens (including phenoxy) is 1. The second-order valence-electron chi connectivity index (χ2n) is 2.37. The van der Waals surface area contributed by atoms with Crippen molar-refractivity contribution in [1.82, 2.24) is 0 Å². The molecule has 0 aliphatic carbocycles. The van der Waals surface area contributed by atoms with Crippen molar-refractivity contribution in [2.75, 3.05) is 6.61 Å². The summed E-state index contributed by atoms with van der Waals surface area (Å²) in [5.74, 6) is 0.726. The summed E-state index contributed by atoms with van der Waals surface area (Å²) in [6.45, 7) is 4.12. The topological polar surface area (TPSA) is 29.5 Å². The molecular formula is C9H12O2. The van der Waals surface area contributed by atoms with Crippen molar-refractivity contribution in [1.29, 1.82) is 0 Å². The quantitative estimate of drug-likeness (QED) is 0.606. The van der Waals surface area contributed by atoms with Gasteiger partial charge >= 0.3 is 0 Å². The molecule has 0 aromatic heterocycles. The Morgan fingerprint density at radius 2 is 2.55 bits per heavy atom. The highest BCUT2D eigenvalue weighted by atomic mass is 16.5. The average molecular weight is 152 g/mol. The van der Waals surface area contributed by atoms with Gasteiger partial charge in [0.2, 0.25) is 0 Å². The van der Waals surface area contributed by atoms with E-state index < -0.39 is 0 Å². The summed E-state index contributed by atoms with van der Waals surface area (Å²) in [5, 5.41) is 9.16. The molecule has 0 spiro atoms. The molecule has 0 fully saturated rings. The summed E-state index contributed by atoms with van der Waals surface area (Å²) in [5.41, 5.74) is 0. The van der Waals surface area contributed by atoms with Crippen molar-refractivity contribution >= 4 is 0 Å². The van der Waals surface area contributed by atoms with Crippen molar-refractivity contribution < 1.29 is 9.84 Å². The van der Waals surface area contributed by atoms with Crippen LogP contribution in [0.15, 0.2) is 36.6 Å². The van der Waals surface area contributed by atoms with Crippen molar-refractivity contribution in [2.24, 2.45) is 0 Å². The van der Waals surface area contributed by atoms with Crippen LogP contribution in [0.4, 0.5) is 0 Å². The highest BCUT2D eigenvalue weighted by Crippen LogP contribution is 2.11. The van der Waals surface area contributed by atoms with Gasteiger partial charge in [-0.3, -0.25) is 0 Å². The minimum absolute atomic E-state index is 0.354. The van der Waals surface area contributed by atoms with E-state index in [9.17, 15) is 0 Å². The fraction of sp³-hybridized carbons (Fsp3) is 0.333. The van der Waals surface area contributed by atoms with Gasteiger partial charge in [-0.15, -0.1) is 0 Å². The summed E-state index contributed by atoms with van der Waals surface area (Å²) in [7, 11) is 0. The van der Waals surface area contributed by atoms with E-state index in [0.717, 1.165) is 5.76 Å². The number of hydrogen-bond acceptors (Lipinski definition) is 2. The zero-order chi connectivity index (χ0) is 8.10. The summed E-state index contributed by atoms with van der Waals surface area (Å²) < 4.78 is 5.22. The maximum atomic E-state index is 9.16. The Kier molecular flexibility index (Phi) is 2.93. The van der Waals surface area contributed by atoms with Gasteiger partial charge in [-0.2, -0.15) is 0 Å². The van der Waals surface area contributed by atoms with E-state index in [4.69, 9.17) is 9.84 Å². The lowest BCUT2D eigenvalue weighted by Crippen LogP contribution is -2.13. The molecule has 1 unspecified atom stereocenters. The molecule has 2 heteroatoms. The van der Waals surface area contributed by atoms with E-state index in [2.05, 4.69) is 6.58 Å². The maximum absolute atomic E-state index is 9.16. The Morgan fingerprint density at radius 3 is 3.18 bits per heavy atom. The van der Waals surface area contributed by atoms with Gasteiger partial charge in [0.15, 0.2) is 0 Å². The number of allylic oxidation sites excluding steroid dienone is 3. The van der Waals surface area contributed by atoms with Gasteiger partial charge in [-0.1, -0.05) is 18.7 Å². The molecule has 1 rings (SSSR count). The number of hydrogen-bond donors (Lipinski definition) is 1. The third-order valence-corrected chi connectivity index (χ3v) is 1.44. The molecule has 1 aliphatic rings. The van der Waals surface area contributed by atoms with Crippen molar-refractivity contribution in [3.8, 4) is 0 Å². The van der Waals surface area contributed by atoms with Crippen LogP contribution in [0.1, 0.15) is 6.42 Å². The largest absolute Gasteiger partial charge is 0.494 e. The molecule has 1 N–H and O–H groups in total. The number of rotatable bonds is 2. The van der Waals surface area contributed by atoms with E-state index in [-0.39, 0.29) is 6.10 Å². The first-order chi connectivity index (χ1) is 5.33. The summed E-state index contributed by atoms with van der Waals surface area (Å²) >= 11 is 0. The lowest BCUT2D eigenvalue weighted by atomic mass is 10.2. The van der Waals surface area contributed by atoms with E-state index in [0.29, 0.717) is 13.0 Å². The first-order valence-electron chi connectivity index (χ1n) is 3.64. The Bertz CT molecular complexity index is 192. The Balaban J connectivity index is 2.56. The van der Waals surface area contributed by atoms with Gasteiger partial charge in [0.1, 0.15) is 5.76 Å². The zero-order valence-electron chi connectivity index (χ0n) is 6.36. The highest BCUT2D eigenvalue weighted by Gasteiger charge is 2.08. The van der Waals surface area contributed by atoms with Gasteiger partial charge in [-0.05, 0) is 12.2 Å². The Morgan fingerprint density at radius 1 is 1.73 bits per heavy atom. The van der Waals surface area contributed by atoms with Crippen LogP contribution in [-0.2, 0) is 4.74 Å². The van der Waals surface area contributed by atoms with Crippen LogP contribution in [0.3, 0.4) is 0 Å². The van der Waals surface area contributed by atoms with E-state index >= 15 is 0 Å². The van der Waals surface area contributed by atoms with Gasteiger partial charge in [0.25, 0.3) is 0 Å². The molecule has 0 amide bonds. The molecule has 0 aromatic rings. The van der Waals surface area contributed by atoms with E-state index in [1.807, 2.05) is 0 Å². The third-order valence-electron chi connectivity index (χ3n) is 1.44. The molecule has 1 heterocycles. The van der Waals surface area contributed by atoms with Gasteiger partial charge in [-0.25, -0.2) is 0 Å². The summed E-state index contributed by atoms with van der Waals surface area (Å²) in [6, 6.07) is 0. The minimum atomic E-state index is -0.354. The van der Waals surface area contributed by atoms with Crippen LogP contribution in [0, 0.1) is 0 Å². The van der Waals surface area contributed by atoms with Crippen molar-refractivity contribution in [3.05, 3.63) is 36.6 Å². The zero-order valence-corrected chi connectivity index (χ0v) is 6.36. The Hall–Kier alpha value is -1.02. The van der Waals surface area contributed by atoms with Crippen LogP contribution < -0.4 is 0 Å². The monoisotopic (exact) mass is 152 g/mol. The molecule has 0 bridgehead atoms. The summed E-state index contributed by atoms with van der Waals surface area (Å²) in [4.78, 5) is 0. The van der Waals surface area contributed by atoms with E-state index in [1.54, 1.807) is 24.3 Å². The molecule has 1 aliphatic heterocycles. The molecule has 2 nitrogen and oxygen atoms in total. The smallest absolute Gasteiger partial charge is 0.117 e. The normalized spacial score (nSPS) is 24.5. The van der Waals surface area contributed by atoms with Gasteiger partial charge in [0.05, 0.1) is 12.7 Å².